The third-order valence-electron chi connectivity index (χ3n) is 4.41. The standard InChI is InChI=1S/C21H19Cl2N3O5S/c22-14-5-1-4-13(18(14)23)12-16-20(29)26(21(30)32-16)10-9-24-17(27)7-2-8-25-19(28)15-6-3-11-31-15/h1,3-6,11-12H,2,7-10H2,(H,24,27)(H,25,28)/b16-12-. The van der Waals surface area contributed by atoms with Crippen molar-refractivity contribution in [3.05, 3.63) is 62.9 Å². The molecule has 2 N–H and O–H groups in total. The molecular formula is C21H19Cl2N3O5S. The molecule has 0 atom stereocenters. The van der Waals surface area contributed by atoms with Crippen LogP contribution in [0.2, 0.25) is 10.0 Å². The Hall–Kier alpha value is -2.75. The predicted molar refractivity (Wildman–Crippen MR) is 122 cm³/mol. The van der Waals surface area contributed by atoms with E-state index >= 15 is 0 Å². The molecule has 1 aromatic carbocycles. The molecule has 0 bridgehead atoms. The first-order chi connectivity index (χ1) is 15.4. The molecule has 1 aromatic heterocycles. The fourth-order valence-corrected chi connectivity index (χ4v) is 4.03. The highest BCUT2D eigenvalue weighted by atomic mass is 35.5. The molecule has 2 aromatic rings. The van der Waals surface area contributed by atoms with Crippen LogP contribution in [0.3, 0.4) is 0 Å². The Kier molecular flexibility index (Phi) is 8.38. The maximum atomic E-state index is 12.5. The van der Waals surface area contributed by atoms with Gasteiger partial charge < -0.3 is 15.1 Å². The van der Waals surface area contributed by atoms with Crippen LogP contribution in [-0.2, 0) is 9.59 Å². The monoisotopic (exact) mass is 495 g/mol. The highest BCUT2D eigenvalue weighted by Gasteiger charge is 2.34. The number of hydrogen-bond donors (Lipinski definition) is 2. The number of hydrogen-bond acceptors (Lipinski definition) is 6. The smallest absolute Gasteiger partial charge is 0.293 e. The molecule has 32 heavy (non-hydrogen) atoms. The van der Waals surface area contributed by atoms with Gasteiger partial charge in [-0.1, -0.05) is 35.3 Å². The van der Waals surface area contributed by atoms with Gasteiger partial charge in [-0.15, -0.1) is 0 Å². The van der Waals surface area contributed by atoms with E-state index in [4.69, 9.17) is 27.6 Å². The molecule has 1 aliphatic heterocycles. The Balaban J connectivity index is 1.40. The third kappa shape index (κ3) is 6.15. The van der Waals surface area contributed by atoms with E-state index in [9.17, 15) is 19.2 Å². The number of rotatable bonds is 9. The first kappa shape index (κ1) is 23.9. The zero-order valence-electron chi connectivity index (χ0n) is 16.7. The van der Waals surface area contributed by atoms with Crippen LogP contribution in [0.25, 0.3) is 6.08 Å². The summed E-state index contributed by atoms with van der Waals surface area (Å²) in [5.41, 5.74) is 0.539. The molecule has 0 spiro atoms. The molecule has 4 amide bonds. The van der Waals surface area contributed by atoms with Crippen LogP contribution in [0.1, 0.15) is 29.0 Å². The summed E-state index contributed by atoms with van der Waals surface area (Å²) < 4.78 is 4.98. The number of nitrogens with one attached hydrogen (secondary N) is 2. The SMILES string of the molecule is O=C(CCCNC(=O)c1ccco1)NCCN1C(=O)S/C(=C\c2cccc(Cl)c2Cl)C1=O. The number of nitrogens with zero attached hydrogens (tertiary/aromatic N) is 1. The van der Waals surface area contributed by atoms with E-state index in [0.29, 0.717) is 28.6 Å². The van der Waals surface area contributed by atoms with Crippen molar-refractivity contribution in [2.75, 3.05) is 19.6 Å². The van der Waals surface area contributed by atoms with Gasteiger partial charge in [0, 0.05) is 26.1 Å². The quantitative estimate of drug-likeness (QED) is 0.402. The van der Waals surface area contributed by atoms with Gasteiger partial charge in [-0.25, -0.2) is 0 Å². The number of thioether (sulfide) groups is 1. The Morgan fingerprint density at radius 3 is 2.66 bits per heavy atom. The Bertz CT molecular complexity index is 1060. The summed E-state index contributed by atoms with van der Waals surface area (Å²) in [4.78, 5) is 49.7. The lowest BCUT2D eigenvalue weighted by molar-refractivity contribution is -0.124. The lowest BCUT2D eigenvalue weighted by Gasteiger charge is -2.13. The molecule has 0 unspecified atom stereocenters. The summed E-state index contributed by atoms with van der Waals surface area (Å²) in [7, 11) is 0. The first-order valence-corrected chi connectivity index (χ1v) is 11.2. The fraction of sp³-hybridized carbons (Fsp3) is 0.238. The second-order valence-corrected chi connectivity index (χ2v) is 8.44. The number of amides is 4. The maximum absolute atomic E-state index is 12.5. The molecule has 1 fully saturated rings. The molecule has 0 saturated carbocycles. The lowest BCUT2D eigenvalue weighted by atomic mass is 10.2. The minimum absolute atomic E-state index is 0.0479. The molecule has 3 rings (SSSR count). The van der Waals surface area contributed by atoms with Gasteiger partial charge in [-0.3, -0.25) is 24.1 Å². The Morgan fingerprint density at radius 2 is 1.91 bits per heavy atom. The topological polar surface area (TPSA) is 109 Å². The summed E-state index contributed by atoms with van der Waals surface area (Å²) in [6.45, 7) is 0.486. The van der Waals surface area contributed by atoms with Crippen LogP contribution in [0.15, 0.2) is 45.9 Å². The van der Waals surface area contributed by atoms with Crippen molar-refractivity contribution >= 4 is 64.0 Å². The fourth-order valence-electron chi connectivity index (χ4n) is 2.81. The average Bonchev–Trinajstić information content (AvgIpc) is 3.39. The van der Waals surface area contributed by atoms with Gasteiger partial charge in [0.1, 0.15) is 0 Å². The number of imide groups is 1. The zero-order chi connectivity index (χ0) is 23.1. The summed E-state index contributed by atoms with van der Waals surface area (Å²) in [5, 5.41) is 5.54. The highest BCUT2D eigenvalue weighted by molar-refractivity contribution is 8.18. The number of benzene rings is 1. The van der Waals surface area contributed by atoms with E-state index in [1.54, 1.807) is 30.3 Å². The van der Waals surface area contributed by atoms with Crippen molar-refractivity contribution in [2.24, 2.45) is 0 Å². The second-order valence-electron chi connectivity index (χ2n) is 6.66. The van der Waals surface area contributed by atoms with Crippen molar-refractivity contribution in [3.8, 4) is 0 Å². The molecule has 8 nitrogen and oxygen atoms in total. The zero-order valence-corrected chi connectivity index (χ0v) is 19.1. The molecule has 0 aliphatic carbocycles. The largest absolute Gasteiger partial charge is 0.459 e. The van der Waals surface area contributed by atoms with E-state index < -0.39 is 11.1 Å². The van der Waals surface area contributed by atoms with Crippen LogP contribution in [-0.4, -0.2) is 47.5 Å². The highest BCUT2D eigenvalue weighted by Crippen LogP contribution is 2.34. The normalized spacial score (nSPS) is 14.8. The van der Waals surface area contributed by atoms with Crippen molar-refractivity contribution < 1.29 is 23.6 Å². The van der Waals surface area contributed by atoms with Gasteiger partial charge in [0.25, 0.3) is 17.1 Å². The molecule has 1 aliphatic rings. The first-order valence-electron chi connectivity index (χ1n) is 9.64. The van der Waals surface area contributed by atoms with Crippen LogP contribution in [0, 0.1) is 0 Å². The van der Waals surface area contributed by atoms with Crippen molar-refractivity contribution in [1.29, 1.82) is 0 Å². The summed E-state index contributed by atoms with van der Waals surface area (Å²) in [6, 6.07) is 8.18. The predicted octanol–water partition coefficient (Wildman–Crippen LogP) is 3.95. The minimum atomic E-state index is -0.453. The molecule has 168 valence electrons. The van der Waals surface area contributed by atoms with Gasteiger partial charge in [0.15, 0.2) is 5.76 Å². The van der Waals surface area contributed by atoms with Crippen LogP contribution < -0.4 is 10.6 Å². The Labute approximate surface area is 198 Å². The van der Waals surface area contributed by atoms with Gasteiger partial charge in [-0.2, -0.15) is 0 Å². The molecular weight excluding hydrogens is 477 g/mol. The lowest BCUT2D eigenvalue weighted by Crippen LogP contribution is -2.37. The van der Waals surface area contributed by atoms with E-state index in [1.165, 1.54) is 12.3 Å². The number of halogens is 2. The summed E-state index contributed by atoms with van der Waals surface area (Å²) in [5.74, 6) is -0.836. The van der Waals surface area contributed by atoms with E-state index in [-0.39, 0.29) is 42.0 Å². The molecule has 11 heteroatoms. The average molecular weight is 496 g/mol. The van der Waals surface area contributed by atoms with Gasteiger partial charge >= 0.3 is 0 Å². The van der Waals surface area contributed by atoms with Crippen molar-refractivity contribution in [1.82, 2.24) is 15.5 Å². The molecule has 1 saturated heterocycles. The van der Waals surface area contributed by atoms with E-state index in [2.05, 4.69) is 10.6 Å². The maximum Gasteiger partial charge on any atom is 0.293 e. The summed E-state index contributed by atoms with van der Waals surface area (Å²) >= 11 is 12.9. The van der Waals surface area contributed by atoms with Crippen LogP contribution >= 0.6 is 35.0 Å². The van der Waals surface area contributed by atoms with E-state index in [0.717, 1.165) is 16.7 Å². The number of furan rings is 1. The minimum Gasteiger partial charge on any atom is -0.459 e. The summed E-state index contributed by atoms with van der Waals surface area (Å²) in [6.07, 6.45) is 3.55. The van der Waals surface area contributed by atoms with Gasteiger partial charge in [0.05, 0.1) is 21.2 Å². The van der Waals surface area contributed by atoms with E-state index in [1.807, 2.05) is 0 Å². The van der Waals surface area contributed by atoms with Gasteiger partial charge in [0.2, 0.25) is 5.91 Å². The second kappa shape index (κ2) is 11.2. The third-order valence-corrected chi connectivity index (χ3v) is 6.15. The number of carbonyl (C=O) groups excluding carboxylic acids is 4. The number of carbonyl (C=O) groups is 4. The van der Waals surface area contributed by atoms with Crippen molar-refractivity contribution in [3.63, 3.8) is 0 Å². The van der Waals surface area contributed by atoms with Crippen molar-refractivity contribution in [2.45, 2.75) is 12.8 Å². The van der Waals surface area contributed by atoms with Crippen LogP contribution in [0.4, 0.5) is 4.79 Å². The van der Waals surface area contributed by atoms with Gasteiger partial charge in [-0.05, 0) is 48.0 Å². The van der Waals surface area contributed by atoms with Crippen LogP contribution in [0.5, 0.6) is 0 Å². The molecule has 2 heterocycles. The molecule has 0 radical (unpaired) electrons. The Morgan fingerprint density at radius 1 is 1.09 bits per heavy atom.